The van der Waals surface area contributed by atoms with Gasteiger partial charge in [0.05, 0.1) is 24.8 Å². The smallest absolute Gasteiger partial charge is 0.264 e. The van der Waals surface area contributed by atoms with Gasteiger partial charge in [-0.1, -0.05) is 29.8 Å². The van der Waals surface area contributed by atoms with Crippen LogP contribution in [0.15, 0.2) is 71.6 Å². The highest BCUT2D eigenvalue weighted by molar-refractivity contribution is 7.98. The fourth-order valence-electron chi connectivity index (χ4n) is 3.49. The number of methoxy groups -OCH3 is 2. The fraction of sp³-hybridized carbons (Fsp3) is 0.296. The van der Waals surface area contributed by atoms with Crippen LogP contribution in [-0.4, -0.2) is 47.4 Å². The second-order valence-electron chi connectivity index (χ2n) is 8.25. The number of halogens is 1. The average Bonchev–Trinajstić information content (AvgIpc) is 2.90. The monoisotopic (exact) mass is 546 g/mol. The summed E-state index contributed by atoms with van der Waals surface area (Å²) in [6.45, 7) is 2.00. The molecule has 198 valence electrons. The van der Waals surface area contributed by atoms with Gasteiger partial charge in [0.1, 0.15) is 12.4 Å². The Hall–Kier alpha value is -3.24. The van der Waals surface area contributed by atoms with Gasteiger partial charge in [0, 0.05) is 18.4 Å². The molecule has 3 rings (SSSR count). The molecule has 0 saturated heterocycles. The van der Waals surface area contributed by atoms with Crippen LogP contribution in [0.4, 0.5) is 10.1 Å². The summed E-state index contributed by atoms with van der Waals surface area (Å²) in [5, 5.41) is 2.79. The highest BCUT2D eigenvalue weighted by atomic mass is 32.2. The molecule has 0 atom stereocenters. The number of anilines is 1. The lowest BCUT2D eigenvalue weighted by atomic mass is 10.2. The van der Waals surface area contributed by atoms with Crippen molar-refractivity contribution >= 4 is 33.4 Å². The molecule has 10 heteroatoms. The van der Waals surface area contributed by atoms with E-state index in [1.165, 1.54) is 55.7 Å². The lowest BCUT2D eigenvalue weighted by molar-refractivity contribution is -0.119. The molecule has 3 aromatic rings. The second-order valence-corrected chi connectivity index (χ2v) is 11.2. The molecular formula is C27H31FN2O5S2. The molecule has 0 aliphatic carbocycles. The molecule has 0 fully saturated rings. The Bertz CT molecular complexity index is 1280. The lowest BCUT2D eigenvalue weighted by Crippen LogP contribution is -2.41. The van der Waals surface area contributed by atoms with Gasteiger partial charge in [-0.15, -0.1) is 0 Å². The number of hydrogen-bond acceptors (Lipinski definition) is 6. The van der Waals surface area contributed by atoms with Gasteiger partial charge in [-0.25, -0.2) is 12.8 Å². The van der Waals surface area contributed by atoms with Gasteiger partial charge in [-0.3, -0.25) is 9.10 Å². The number of sulfonamides is 1. The standard InChI is InChI=1S/C27H31FN2O5S2/c1-20-5-7-21(8-6-20)19-36-16-4-15-29-27(31)18-30(23-11-9-22(28)10-12-23)37(32,33)24-13-14-25(34-2)26(17-24)35-3/h5-14,17H,4,15-16,18-19H2,1-3H3,(H,29,31). The summed E-state index contributed by atoms with van der Waals surface area (Å²) < 4.78 is 52.0. The maximum Gasteiger partial charge on any atom is 0.264 e. The first-order chi connectivity index (χ1) is 17.7. The third-order valence-corrected chi connectivity index (χ3v) is 8.41. The van der Waals surface area contributed by atoms with E-state index in [1.807, 2.05) is 0 Å². The van der Waals surface area contributed by atoms with E-state index >= 15 is 0 Å². The number of aryl methyl sites for hydroxylation is 1. The molecule has 0 saturated carbocycles. The minimum atomic E-state index is -4.18. The molecule has 0 radical (unpaired) electrons. The van der Waals surface area contributed by atoms with E-state index < -0.39 is 28.3 Å². The highest BCUT2D eigenvalue weighted by Gasteiger charge is 2.28. The van der Waals surface area contributed by atoms with Crippen molar-refractivity contribution in [2.75, 3.05) is 37.4 Å². The van der Waals surface area contributed by atoms with Gasteiger partial charge in [-0.05, 0) is 61.1 Å². The number of rotatable bonds is 13. The minimum Gasteiger partial charge on any atom is -0.493 e. The predicted octanol–water partition coefficient (Wildman–Crippen LogP) is 4.79. The molecule has 0 unspecified atom stereocenters. The molecule has 37 heavy (non-hydrogen) atoms. The van der Waals surface area contributed by atoms with E-state index in [2.05, 4.69) is 36.5 Å². The zero-order chi connectivity index (χ0) is 26.8. The number of carbonyl (C=O) groups excluding carboxylic acids is 1. The van der Waals surface area contributed by atoms with Gasteiger partial charge in [0.2, 0.25) is 5.91 Å². The first kappa shape index (κ1) is 28.3. The van der Waals surface area contributed by atoms with E-state index in [0.29, 0.717) is 12.3 Å². The Morgan fingerprint density at radius 2 is 1.65 bits per heavy atom. The van der Waals surface area contributed by atoms with Crippen molar-refractivity contribution in [2.45, 2.75) is 24.0 Å². The van der Waals surface area contributed by atoms with E-state index in [0.717, 1.165) is 34.4 Å². The normalized spacial score (nSPS) is 11.1. The van der Waals surface area contributed by atoms with E-state index in [4.69, 9.17) is 9.47 Å². The van der Waals surface area contributed by atoms with E-state index in [-0.39, 0.29) is 16.3 Å². The quantitative estimate of drug-likeness (QED) is 0.311. The predicted molar refractivity (Wildman–Crippen MR) is 145 cm³/mol. The third-order valence-electron chi connectivity index (χ3n) is 5.52. The number of ether oxygens (including phenoxy) is 2. The summed E-state index contributed by atoms with van der Waals surface area (Å²) in [5.41, 5.74) is 2.63. The average molecular weight is 547 g/mol. The zero-order valence-electron chi connectivity index (χ0n) is 21.1. The molecule has 0 heterocycles. The third kappa shape index (κ3) is 7.87. The number of amides is 1. The Morgan fingerprint density at radius 1 is 0.973 bits per heavy atom. The molecule has 1 amide bonds. The summed E-state index contributed by atoms with van der Waals surface area (Å²) in [4.78, 5) is 12.7. The summed E-state index contributed by atoms with van der Waals surface area (Å²) in [6, 6.07) is 17.5. The number of carbonyl (C=O) groups is 1. The van der Waals surface area contributed by atoms with Crippen LogP contribution in [0, 0.1) is 12.7 Å². The van der Waals surface area contributed by atoms with Gasteiger partial charge in [0.15, 0.2) is 11.5 Å². The zero-order valence-corrected chi connectivity index (χ0v) is 22.7. The minimum absolute atomic E-state index is 0.0882. The van der Waals surface area contributed by atoms with Gasteiger partial charge in [-0.2, -0.15) is 11.8 Å². The summed E-state index contributed by atoms with van der Waals surface area (Å²) in [7, 11) is -1.33. The topological polar surface area (TPSA) is 84.9 Å². The molecule has 7 nitrogen and oxygen atoms in total. The number of hydrogen-bond donors (Lipinski definition) is 1. The summed E-state index contributed by atoms with van der Waals surface area (Å²) in [5.74, 6) is 1.36. The van der Waals surface area contributed by atoms with E-state index in [1.54, 1.807) is 11.8 Å². The van der Waals surface area contributed by atoms with Crippen LogP contribution in [0.5, 0.6) is 11.5 Å². The molecule has 1 N–H and O–H groups in total. The molecule has 0 bridgehead atoms. The molecular weight excluding hydrogens is 515 g/mol. The SMILES string of the molecule is COc1ccc(S(=O)(=O)N(CC(=O)NCCCSCc2ccc(C)cc2)c2ccc(F)cc2)cc1OC. The molecule has 0 spiro atoms. The van der Waals surface area contributed by atoms with Crippen molar-refractivity contribution in [2.24, 2.45) is 0 Å². The van der Waals surface area contributed by atoms with Crippen LogP contribution in [0.3, 0.4) is 0 Å². The summed E-state index contributed by atoms with van der Waals surface area (Å²) in [6.07, 6.45) is 0.737. The Morgan fingerprint density at radius 3 is 2.30 bits per heavy atom. The highest BCUT2D eigenvalue weighted by Crippen LogP contribution is 2.32. The Kier molecular flexibility index (Phi) is 10.2. The van der Waals surface area contributed by atoms with Crippen LogP contribution in [0.25, 0.3) is 0 Å². The maximum absolute atomic E-state index is 13.5. The van der Waals surface area contributed by atoms with Gasteiger partial charge in [0.25, 0.3) is 10.0 Å². The number of benzene rings is 3. The fourth-order valence-corrected chi connectivity index (χ4v) is 5.85. The largest absolute Gasteiger partial charge is 0.493 e. The summed E-state index contributed by atoms with van der Waals surface area (Å²) >= 11 is 1.77. The number of nitrogens with zero attached hydrogens (tertiary/aromatic N) is 1. The maximum atomic E-state index is 13.5. The van der Waals surface area contributed by atoms with Crippen LogP contribution in [0.1, 0.15) is 17.5 Å². The van der Waals surface area contributed by atoms with Crippen LogP contribution >= 0.6 is 11.8 Å². The lowest BCUT2D eigenvalue weighted by Gasteiger charge is -2.24. The Labute approximate surface area is 222 Å². The van der Waals surface area contributed by atoms with Crippen molar-refractivity contribution in [1.29, 1.82) is 0 Å². The number of thioether (sulfide) groups is 1. The Balaban J connectivity index is 1.65. The van der Waals surface area contributed by atoms with E-state index in [9.17, 15) is 17.6 Å². The van der Waals surface area contributed by atoms with Crippen molar-refractivity contribution in [3.05, 3.63) is 83.7 Å². The van der Waals surface area contributed by atoms with Crippen LogP contribution < -0.4 is 19.1 Å². The van der Waals surface area contributed by atoms with Gasteiger partial charge < -0.3 is 14.8 Å². The van der Waals surface area contributed by atoms with Crippen molar-refractivity contribution in [1.82, 2.24) is 5.32 Å². The van der Waals surface area contributed by atoms with Crippen molar-refractivity contribution < 1.29 is 27.1 Å². The number of nitrogens with one attached hydrogen (secondary N) is 1. The van der Waals surface area contributed by atoms with Gasteiger partial charge >= 0.3 is 0 Å². The first-order valence-corrected chi connectivity index (χ1v) is 14.2. The van der Waals surface area contributed by atoms with Crippen LogP contribution in [-0.2, 0) is 20.6 Å². The van der Waals surface area contributed by atoms with Crippen molar-refractivity contribution in [3.63, 3.8) is 0 Å². The molecule has 3 aromatic carbocycles. The second kappa shape index (κ2) is 13.3. The molecule has 0 aliphatic heterocycles. The molecule has 0 aliphatic rings. The van der Waals surface area contributed by atoms with Crippen molar-refractivity contribution in [3.8, 4) is 11.5 Å². The first-order valence-electron chi connectivity index (χ1n) is 11.6. The van der Waals surface area contributed by atoms with Crippen LogP contribution in [0.2, 0.25) is 0 Å². The molecule has 0 aromatic heterocycles.